The van der Waals surface area contributed by atoms with Gasteiger partial charge < -0.3 is 10.1 Å². The predicted molar refractivity (Wildman–Crippen MR) is 77.1 cm³/mol. The van der Waals surface area contributed by atoms with Crippen molar-refractivity contribution in [2.24, 2.45) is 0 Å². The van der Waals surface area contributed by atoms with Gasteiger partial charge in [0, 0.05) is 23.4 Å². The van der Waals surface area contributed by atoms with Gasteiger partial charge >= 0.3 is 0 Å². The van der Waals surface area contributed by atoms with Crippen molar-refractivity contribution in [2.45, 2.75) is 6.42 Å². The standard InChI is InChI=1S/C17H15NO/c19-17-9-5-4-8-15(17)16-11-10-14(18-16)12-13-6-2-1-3-7-13/h1-11,18-19H,12H2. The van der Waals surface area contributed by atoms with Crippen LogP contribution in [0.25, 0.3) is 11.3 Å². The van der Waals surface area contributed by atoms with Gasteiger partial charge in [-0.15, -0.1) is 0 Å². The molecule has 0 aliphatic heterocycles. The number of phenolic OH excluding ortho intramolecular Hbond substituents is 1. The Morgan fingerprint density at radius 3 is 2.32 bits per heavy atom. The molecule has 0 unspecified atom stereocenters. The molecule has 0 saturated carbocycles. The second kappa shape index (κ2) is 5.02. The van der Waals surface area contributed by atoms with Crippen LogP contribution in [-0.2, 0) is 6.42 Å². The highest BCUT2D eigenvalue weighted by Gasteiger charge is 2.06. The average molecular weight is 249 g/mol. The number of aromatic amines is 1. The maximum absolute atomic E-state index is 9.84. The van der Waals surface area contributed by atoms with E-state index in [1.54, 1.807) is 6.07 Å². The Bertz CT molecular complexity index is 670. The monoisotopic (exact) mass is 249 g/mol. The SMILES string of the molecule is Oc1ccccc1-c1ccc(Cc2ccccc2)[nH]1. The molecule has 2 heteroatoms. The van der Waals surface area contributed by atoms with Crippen molar-refractivity contribution in [3.8, 4) is 17.0 Å². The molecule has 2 N–H and O–H groups in total. The van der Waals surface area contributed by atoms with E-state index in [-0.39, 0.29) is 0 Å². The van der Waals surface area contributed by atoms with Gasteiger partial charge in [-0.25, -0.2) is 0 Å². The zero-order valence-corrected chi connectivity index (χ0v) is 10.5. The van der Waals surface area contributed by atoms with Crippen LogP contribution >= 0.6 is 0 Å². The lowest BCUT2D eigenvalue weighted by atomic mass is 10.1. The topological polar surface area (TPSA) is 36.0 Å². The molecule has 0 atom stereocenters. The Morgan fingerprint density at radius 1 is 0.789 bits per heavy atom. The van der Waals surface area contributed by atoms with Gasteiger partial charge in [0.25, 0.3) is 0 Å². The minimum atomic E-state index is 0.301. The first kappa shape index (κ1) is 11.6. The molecule has 19 heavy (non-hydrogen) atoms. The number of nitrogens with one attached hydrogen (secondary N) is 1. The Morgan fingerprint density at radius 2 is 1.53 bits per heavy atom. The summed E-state index contributed by atoms with van der Waals surface area (Å²) < 4.78 is 0. The van der Waals surface area contributed by atoms with Crippen molar-refractivity contribution in [3.05, 3.63) is 78.0 Å². The molecule has 0 radical (unpaired) electrons. The maximum Gasteiger partial charge on any atom is 0.124 e. The summed E-state index contributed by atoms with van der Waals surface area (Å²) in [4.78, 5) is 3.36. The van der Waals surface area contributed by atoms with Crippen molar-refractivity contribution < 1.29 is 5.11 Å². The highest BCUT2D eigenvalue weighted by Crippen LogP contribution is 2.28. The van der Waals surface area contributed by atoms with Gasteiger partial charge in [0.15, 0.2) is 0 Å². The number of aromatic hydroxyl groups is 1. The normalized spacial score (nSPS) is 10.5. The van der Waals surface area contributed by atoms with Crippen LogP contribution in [0.2, 0.25) is 0 Å². The van der Waals surface area contributed by atoms with Crippen LogP contribution in [0, 0.1) is 0 Å². The number of benzene rings is 2. The fraction of sp³-hybridized carbons (Fsp3) is 0.0588. The molecule has 1 heterocycles. The number of phenols is 1. The van der Waals surface area contributed by atoms with Crippen molar-refractivity contribution in [1.29, 1.82) is 0 Å². The number of aromatic nitrogens is 1. The molecule has 1 aromatic heterocycles. The molecule has 3 aromatic rings. The Kier molecular flexibility index (Phi) is 3.07. The van der Waals surface area contributed by atoms with E-state index in [1.807, 2.05) is 42.5 Å². The summed E-state index contributed by atoms with van der Waals surface area (Å²) in [5.41, 5.74) is 4.20. The second-order valence-corrected chi connectivity index (χ2v) is 4.58. The number of para-hydroxylation sites is 1. The summed E-state index contributed by atoms with van der Waals surface area (Å²) in [7, 11) is 0. The molecule has 2 aromatic carbocycles. The molecular weight excluding hydrogens is 234 g/mol. The number of rotatable bonds is 3. The third-order valence-electron chi connectivity index (χ3n) is 3.18. The quantitative estimate of drug-likeness (QED) is 0.723. The molecule has 0 aliphatic carbocycles. The van der Waals surface area contributed by atoms with E-state index in [2.05, 4.69) is 23.2 Å². The average Bonchev–Trinajstić information content (AvgIpc) is 2.89. The summed E-state index contributed by atoms with van der Waals surface area (Å²) >= 11 is 0. The Hall–Kier alpha value is -2.48. The number of hydrogen-bond donors (Lipinski definition) is 2. The highest BCUT2D eigenvalue weighted by molar-refractivity contribution is 5.67. The summed E-state index contributed by atoms with van der Waals surface area (Å²) in [6.45, 7) is 0. The van der Waals surface area contributed by atoms with E-state index in [0.717, 1.165) is 23.4 Å². The lowest BCUT2D eigenvalue weighted by Gasteiger charge is -2.02. The predicted octanol–water partition coefficient (Wildman–Crippen LogP) is 3.98. The zero-order valence-electron chi connectivity index (χ0n) is 10.5. The molecule has 2 nitrogen and oxygen atoms in total. The first-order valence-corrected chi connectivity index (χ1v) is 6.33. The first-order chi connectivity index (χ1) is 9.33. The van der Waals surface area contributed by atoms with E-state index in [0.29, 0.717) is 5.75 Å². The van der Waals surface area contributed by atoms with Crippen molar-refractivity contribution in [2.75, 3.05) is 0 Å². The third-order valence-corrected chi connectivity index (χ3v) is 3.18. The lowest BCUT2D eigenvalue weighted by molar-refractivity contribution is 0.477. The van der Waals surface area contributed by atoms with Crippen molar-refractivity contribution >= 4 is 0 Å². The minimum Gasteiger partial charge on any atom is -0.507 e. The van der Waals surface area contributed by atoms with Crippen LogP contribution in [0.3, 0.4) is 0 Å². The van der Waals surface area contributed by atoms with E-state index in [9.17, 15) is 5.11 Å². The molecular formula is C17H15NO. The number of H-pyrrole nitrogens is 1. The fourth-order valence-corrected chi connectivity index (χ4v) is 2.22. The molecule has 0 amide bonds. The molecule has 0 spiro atoms. The first-order valence-electron chi connectivity index (χ1n) is 6.33. The smallest absolute Gasteiger partial charge is 0.124 e. The van der Waals surface area contributed by atoms with E-state index in [1.165, 1.54) is 5.56 Å². The van der Waals surface area contributed by atoms with Gasteiger partial charge in [0.1, 0.15) is 5.75 Å². The summed E-state index contributed by atoms with van der Waals surface area (Å²) in [5, 5.41) is 9.84. The van der Waals surface area contributed by atoms with Crippen LogP contribution in [0.15, 0.2) is 66.7 Å². The summed E-state index contributed by atoms with van der Waals surface area (Å²) in [6, 6.07) is 21.8. The van der Waals surface area contributed by atoms with E-state index >= 15 is 0 Å². The van der Waals surface area contributed by atoms with Crippen LogP contribution < -0.4 is 0 Å². The molecule has 94 valence electrons. The summed E-state index contributed by atoms with van der Waals surface area (Å²) in [6.07, 6.45) is 0.869. The molecule has 0 fully saturated rings. The zero-order chi connectivity index (χ0) is 13.1. The van der Waals surface area contributed by atoms with Crippen LogP contribution in [0.4, 0.5) is 0 Å². The Labute approximate surface area is 112 Å². The van der Waals surface area contributed by atoms with Crippen LogP contribution in [0.5, 0.6) is 5.75 Å². The second-order valence-electron chi connectivity index (χ2n) is 4.58. The minimum absolute atomic E-state index is 0.301. The van der Waals surface area contributed by atoms with Gasteiger partial charge in [-0.3, -0.25) is 0 Å². The number of hydrogen-bond acceptors (Lipinski definition) is 1. The van der Waals surface area contributed by atoms with Gasteiger partial charge in [0.05, 0.1) is 0 Å². The maximum atomic E-state index is 9.84. The van der Waals surface area contributed by atoms with Crippen LogP contribution in [0.1, 0.15) is 11.3 Å². The van der Waals surface area contributed by atoms with Gasteiger partial charge in [0.2, 0.25) is 0 Å². The Balaban J connectivity index is 1.86. The molecule has 0 saturated heterocycles. The van der Waals surface area contributed by atoms with E-state index in [4.69, 9.17) is 0 Å². The van der Waals surface area contributed by atoms with Crippen molar-refractivity contribution in [3.63, 3.8) is 0 Å². The van der Waals surface area contributed by atoms with Crippen molar-refractivity contribution in [1.82, 2.24) is 4.98 Å². The lowest BCUT2D eigenvalue weighted by Crippen LogP contribution is -1.88. The third kappa shape index (κ3) is 2.52. The highest BCUT2D eigenvalue weighted by atomic mass is 16.3. The van der Waals surface area contributed by atoms with Crippen LogP contribution in [-0.4, -0.2) is 10.1 Å². The van der Waals surface area contributed by atoms with Gasteiger partial charge in [-0.1, -0.05) is 42.5 Å². The van der Waals surface area contributed by atoms with Gasteiger partial charge in [-0.2, -0.15) is 0 Å². The largest absolute Gasteiger partial charge is 0.507 e. The molecule has 0 aliphatic rings. The molecule has 0 bridgehead atoms. The van der Waals surface area contributed by atoms with Gasteiger partial charge in [-0.05, 0) is 29.8 Å². The summed E-state index contributed by atoms with van der Waals surface area (Å²) in [5.74, 6) is 0.301. The fourth-order valence-electron chi connectivity index (χ4n) is 2.22. The molecule has 3 rings (SSSR count). The van der Waals surface area contributed by atoms with E-state index < -0.39 is 0 Å².